The summed E-state index contributed by atoms with van der Waals surface area (Å²) >= 11 is 0. The highest BCUT2D eigenvalue weighted by Gasteiger charge is 2.29. The SMILES string of the molecule is CC(C)C(CO)CN1C(=O)Cc2cc(N)ccc21. The van der Waals surface area contributed by atoms with Gasteiger partial charge in [0, 0.05) is 30.4 Å². The number of carbonyl (C=O) groups is 1. The Bertz CT molecular complexity index is 457. The standard InChI is InChI=1S/C14H20N2O2/c1-9(2)11(8-17)7-16-13-4-3-12(15)5-10(13)6-14(16)18/h3-5,9,11,17H,6-8,15H2,1-2H3. The third-order valence-electron chi connectivity index (χ3n) is 3.63. The summed E-state index contributed by atoms with van der Waals surface area (Å²) in [5.74, 6) is 0.549. The van der Waals surface area contributed by atoms with E-state index in [9.17, 15) is 9.90 Å². The van der Waals surface area contributed by atoms with Crippen molar-refractivity contribution >= 4 is 17.3 Å². The van der Waals surface area contributed by atoms with Crippen LogP contribution in [0.4, 0.5) is 11.4 Å². The molecule has 2 rings (SSSR count). The maximum absolute atomic E-state index is 12.0. The van der Waals surface area contributed by atoms with Gasteiger partial charge in [0.05, 0.1) is 6.42 Å². The minimum Gasteiger partial charge on any atom is -0.399 e. The lowest BCUT2D eigenvalue weighted by molar-refractivity contribution is -0.117. The van der Waals surface area contributed by atoms with Gasteiger partial charge in [0.2, 0.25) is 5.91 Å². The Balaban J connectivity index is 2.22. The van der Waals surface area contributed by atoms with E-state index in [0.29, 0.717) is 24.6 Å². The van der Waals surface area contributed by atoms with E-state index >= 15 is 0 Å². The zero-order valence-electron chi connectivity index (χ0n) is 10.9. The Hall–Kier alpha value is -1.55. The van der Waals surface area contributed by atoms with Crippen molar-refractivity contribution in [1.29, 1.82) is 0 Å². The van der Waals surface area contributed by atoms with E-state index in [2.05, 4.69) is 13.8 Å². The van der Waals surface area contributed by atoms with Crippen LogP contribution in [0.25, 0.3) is 0 Å². The fourth-order valence-electron chi connectivity index (χ4n) is 2.32. The van der Waals surface area contributed by atoms with Gasteiger partial charge in [-0.1, -0.05) is 13.8 Å². The zero-order valence-corrected chi connectivity index (χ0v) is 10.9. The number of fused-ring (bicyclic) bond motifs is 1. The molecule has 4 nitrogen and oxygen atoms in total. The summed E-state index contributed by atoms with van der Waals surface area (Å²) in [6, 6.07) is 5.56. The van der Waals surface area contributed by atoms with Gasteiger partial charge < -0.3 is 15.7 Å². The molecule has 1 atom stereocenters. The van der Waals surface area contributed by atoms with Gasteiger partial charge in [-0.25, -0.2) is 0 Å². The number of benzene rings is 1. The molecule has 1 unspecified atom stereocenters. The summed E-state index contributed by atoms with van der Waals surface area (Å²) in [6.07, 6.45) is 0.413. The van der Waals surface area contributed by atoms with Crippen LogP contribution in [0.15, 0.2) is 18.2 Å². The molecule has 0 saturated carbocycles. The number of rotatable bonds is 4. The van der Waals surface area contributed by atoms with Crippen molar-refractivity contribution < 1.29 is 9.90 Å². The van der Waals surface area contributed by atoms with E-state index in [1.807, 2.05) is 18.2 Å². The molecule has 0 aliphatic carbocycles. The average Bonchev–Trinajstić information content (AvgIpc) is 2.60. The lowest BCUT2D eigenvalue weighted by Gasteiger charge is -2.25. The van der Waals surface area contributed by atoms with E-state index in [0.717, 1.165) is 11.3 Å². The molecule has 0 spiro atoms. The smallest absolute Gasteiger partial charge is 0.231 e. The molecule has 0 bridgehead atoms. The summed E-state index contributed by atoms with van der Waals surface area (Å²) in [5.41, 5.74) is 8.34. The third kappa shape index (κ3) is 2.34. The highest BCUT2D eigenvalue weighted by molar-refractivity contribution is 6.01. The van der Waals surface area contributed by atoms with Gasteiger partial charge in [-0.2, -0.15) is 0 Å². The fourth-order valence-corrected chi connectivity index (χ4v) is 2.32. The molecule has 1 aromatic carbocycles. The third-order valence-corrected chi connectivity index (χ3v) is 3.63. The first-order valence-corrected chi connectivity index (χ1v) is 6.32. The van der Waals surface area contributed by atoms with Gasteiger partial charge in [0.25, 0.3) is 0 Å². The van der Waals surface area contributed by atoms with Crippen molar-refractivity contribution in [1.82, 2.24) is 0 Å². The number of carbonyl (C=O) groups excluding carboxylic acids is 1. The van der Waals surface area contributed by atoms with Crippen molar-refractivity contribution in [3.05, 3.63) is 23.8 Å². The number of nitrogens with zero attached hydrogens (tertiary/aromatic N) is 1. The van der Waals surface area contributed by atoms with Crippen LogP contribution in [-0.2, 0) is 11.2 Å². The summed E-state index contributed by atoms with van der Waals surface area (Å²) in [7, 11) is 0. The number of amides is 1. The van der Waals surface area contributed by atoms with E-state index in [-0.39, 0.29) is 18.4 Å². The van der Waals surface area contributed by atoms with Crippen molar-refractivity contribution in [2.75, 3.05) is 23.8 Å². The quantitative estimate of drug-likeness (QED) is 0.792. The Morgan fingerprint density at radius 3 is 2.78 bits per heavy atom. The second-order valence-electron chi connectivity index (χ2n) is 5.26. The van der Waals surface area contributed by atoms with Crippen molar-refractivity contribution in [2.45, 2.75) is 20.3 Å². The topological polar surface area (TPSA) is 66.6 Å². The molecule has 1 amide bonds. The molecule has 1 aromatic rings. The van der Waals surface area contributed by atoms with Gasteiger partial charge in [0.1, 0.15) is 0 Å². The normalized spacial score (nSPS) is 16.2. The molecule has 1 aliphatic rings. The average molecular weight is 248 g/mol. The maximum atomic E-state index is 12.0. The van der Waals surface area contributed by atoms with Crippen LogP contribution in [0.5, 0.6) is 0 Å². The number of anilines is 2. The van der Waals surface area contributed by atoms with Crippen molar-refractivity contribution in [2.24, 2.45) is 11.8 Å². The number of hydrogen-bond acceptors (Lipinski definition) is 3. The van der Waals surface area contributed by atoms with Gasteiger partial charge in [-0.15, -0.1) is 0 Å². The Labute approximate surface area is 107 Å². The fraction of sp³-hybridized carbons (Fsp3) is 0.500. The summed E-state index contributed by atoms with van der Waals surface area (Å²) in [4.78, 5) is 13.8. The summed E-state index contributed by atoms with van der Waals surface area (Å²) < 4.78 is 0. The Kier molecular flexibility index (Phi) is 3.57. The molecule has 0 fully saturated rings. The first-order valence-electron chi connectivity index (χ1n) is 6.32. The summed E-state index contributed by atoms with van der Waals surface area (Å²) in [6.45, 7) is 4.80. The van der Waals surface area contributed by atoms with Crippen LogP contribution >= 0.6 is 0 Å². The van der Waals surface area contributed by atoms with Crippen LogP contribution in [0.3, 0.4) is 0 Å². The first kappa shape index (κ1) is 12.9. The highest BCUT2D eigenvalue weighted by Crippen LogP contribution is 2.31. The van der Waals surface area contributed by atoms with Gasteiger partial charge in [-0.05, 0) is 29.7 Å². The van der Waals surface area contributed by atoms with E-state index < -0.39 is 0 Å². The molecule has 98 valence electrons. The molecule has 1 heterocycles. The van der Waals surface area contributed by atoms with Gasteiger partial charge in [-0.3, -0.25) is 4.79 Å². The predicted octanol–water partition coefficient (Wildman–Crippen LogP) is 1.42. The molecule has 3 N–H and O–H groups in total. The lowest BCUT2D eigenvalue weighted by Crippen LogP contribution is -2.35. The minimum atomic E-state index is 0.0923. The first-order chi connectivity index (χ1) is 8.52. The molecule has 0 radical (unpaired) electrons. The van der Waals surface area contributed by atoms with E-state index in [1.165, 1.54) is 0 Å². The molecular weight excluding hydrogens is 228 g/mol. The number of nitrogen functional groups attached to an aromatic ring is 1. The predicted molar refractivity (Wildman–Crippen MR) is 72.3 cm³/mol. The van der Waals surface area contributed by atoms with E-state index in [4.69, 9.17) is 5.73 Å². The molecule has 0 saturated heterocycles. The van der Waals surface area contributed by atoms with Gasteiger partial charge >= 0.3 is 0 Å². The van der Waals surface area contributed by atoms with Crippen molar-refractivity contribution in [3.63, 3.8) is 0 Å². The minimum absolute atomic E-state index is 0.0923. The monoisotopic (exact) mass is 248 g/mol. The lowest BCUT2D eigenvalue weighted by atomic mass is 9.96. The second-order valence-corrected chi connectivity index (χ2v) is 5.26. The van der Waals surface area contributed by atoms with E-state index in [1.54, 1.807) is 4.90 Å². The molecule has 0 aromatic heterocycles. The Morgan fingerprint density at radius 1 is 1.44 bits per heavy atom. The van der Waals surface area contributed by atoms with Crippen LogP contribution in [0, 0.1) is 11.8 Å². The Morgan fingerprint density at radius 2 is 2.17 bits per heavy atom. The molecule has 18 heavy (non-hydrogen) atoms. The van der Waals surface area contributed by atoms with Crippen LogP contribution in [0.1, 0.15) is 19.4 Å². The maximum Gasteiger partial charge on any atom is 0.231 e. The molecular formula is C14H20N2O2. The van der Waals surface area contributed by atoms with Crippen LogP contribution in [0.2, 0.25) is 0 Å². The number of hydrogen-bond donors (Lipinski definition) is 2. The zero-order chi connectivity index (χ0) is 13.3. The number of nitrogens with two attached hydrogens (primary N) is 1. The van der Waals surface area contributed by atoms with Crippen LogP contribution < -0.4 is 10.6 Å². The second kappa shape index (κ2) is 4.98. The number of aliphatic hydroxyl groups excluding tert-OH is 1. The number of aliphatic hydroxyl groups is 1. The van der Waals surface area contributed by atoms with Gasteiger partial charge in [0.15, 0.2) is 0 Å². The van der Waals surface area contributed by atoms with Crippen LogP contribution in [-0.4, -0.2) is 24.2 Å². The largest absolute Gasteiger partial charge is 0.399 e. The molecule has 4 heteroatoms. The highest BCUT2D eigenvalue weighted by atomic mass is 16.3. The molecule has 1 aliphatic heterocycles. The summed E-state index contributed by atoms with van der Waals surface area (Å²) in [5, 5.41) is 9.38. The van der Waals surface area contributed by atoms with Crippen molar-refractivity contribution in [3.8, 4) is 0 Å².